The highest BCUT2D eigenvalue weighted by Crippen LogP contribution is 2.27. The number of likely N-dealkylation sites (tertiary alicyclic amines) is 1. The topological polar surface area (TPSA) is 43.8 Å². The van der Waals surface area contributed by atoms with Gasteiger partial charge in [0.15, 0.2) is 0 Å². The number of hydrogen-bond donors (Lipinski definition) is 1. The molecule has 2 aliphatic heterocycles. The van der Waals surface area contributed by atoms with Gasteiger partial charge in [0, 0.05) is 18.8 Å². The second-order valence-electron chi connectivity index (χ2n) is 6.30. The summed E-state index contributed by atoms with van der Waals surface area (Å²) in [7, 11) is 0. The first-order chi connectivity index (χ1) is 10.1. The molecule has 1 aromatic rings. The fourth-order valence-electron chi connectivity index (χ4n) is 3.47. The summed E-state index contributed by atoms with van der Waals surface area (Å²) >= 11 is 0. The maximum Gasteiger partial charge on any atom is 0.241 e. The molecule has 4 heteroatoms. The highest BCUT2D eigenvalue weighted by molar-refractivity contribution is 5.95. The van der Waals surface area contributed by atoms with Crippen LogP contribution in [0.5, 0.6) is 0 Å². The first-order valence-corrected chi connectivity index (χ1v) is 7.94. The van der Waals surface area contributed by atoms with E-state index >= 15 is 0 Å². The van der Waals surface area contributed by atoms with Gasteiger partial charge in [0.1, 0.15) is 0 Å². The third-order valence-electron chi connectivity index (χ3n) is 4.76. The lowest BCUT2D eigenvalue weighted by atomic mass is 10.0. The average molecular weight is 288 g/mol. The van der Waals surface area contributed by atoms with E-state index in [0.717, 1.165) is 44.6 Å². The molecule has 0 bridgehead atoms. The lowest BCUT2D eigenvalue weighted by Crippen LogP contribution is -2.42. The van der Waals surface area contributed by atoms with E-state index in [-0.39, 0.29) is 12.0 Å². The van der Waals surface area contributed by atoms with Crippen LogP contribution in [-0.2, 0) is 11.2 Å². The summed E-state index contributed by atoms with van der Waals surface area (Å²) in [5.41, 5.74) is 2.36. The first kappa shape index (κ1) is 14.5. The van der Waals surface area contributed by atoms with Gasteiger partial charge in [-0.25, -0.2) is 0 Å². The summed E-state index contributed by atoms with van der Waals surface area (Å²) in [5.74, 6) is 0.500. The van der Waals surface area contributed by atoms with E-state index < -0.39 is 0 Å². The fourth-order valence-corrected chi connectivity index (χ4v) is 3.47. The highest BCUT2D eigenvalue weighted by atomic mass is 16.3. The molecular weight excluding hydrogens is 264 g/mol. The van der Waals surface area contributed by atoms with E-state index in [2.05, 4.69) is 17.0 Å². The Morgan fingerprint density at radius 2 is 2.19 bits per heavy atom. The second kappa shape index (κ2) is 6.16. The van der Waals surface area contributed by atoms with Crippen LogP contribution in [0.1, 0.15) is 25.3 Å². The van der Waals surface area contributed by atoms with Crippen LogP contribution in [0.2, 0.25) is 0 Å². The van der Waals surface area contributed by atoms with E-state index in [4.69, 9.17) is 0 Å². The minimum atomic E-state index is -0.277. The lowest BCUT2D eigenvalue weighted by molar-refractivity contribution is -0.119. The van der Waals surface area contributed by atoms with E-state index in [0.29, 0.717) is 12.5 Å². The standard InChI is InChI=1S/C17H24N2O2/c1-13(20)15-8-10-18(11-15)12-17(21)19-9-4-6-14-5-2-3-7-16(14)19/h2-3,5,7,13,15,20H,4,6,8-12H2,1H3. The summed E-state index contributed by atoms with van der Waals surface area (Å²) in [6, 6.07) is 8.22. The van der Waals surface area contributed by atoms with Crippen molar-refractivity contribution >= 4 is 11.6 Å². The molecule has 1 saturated heterocycles. The Labute approximate surface area is 126 Å². The lowest BCUT2D eigenvalue weighted by Gasteiger charge is -2.31. The molecule has 2 aliphatic rings. The Bertz CT molecular complexity index is 515. The highest BCUT2D eigenvalue weighted by Gasteiger charge is 2.29. The molecule has 1 N–H and O–H groups in total. The van der Waals surface area contributed by atoms with E-state index in [1.165, 1.54) is 5.56 Å². The summed E-state index contributed by atoms with van der Waals surface area (Å²) in [6.45, 7) is 4.88. The molecule has 0 aromatic heterocycles. The van der Waals surface area contributed by atoms with Crippen molar-refractivity contribution in [3.05, 3.63) is 29.8 Å². The minimum absolute atomic E-state index is 0.188. The zero-order valence-corrected chi connectivity index (χ0v) is 12.7. The van der Waals surface area contributed by atoms with Crippen LogP contribution in [0, 0.1) is 5.92 Å². The zero-order valence-electron chi connectivity index (χ0n) is 12.7. The first-order valence-electron chi connectivity index (χ1n) is 7.94. The Morgan fingerprint density at radius 3 is 2.95 bits per heavy atom. The number of fused-ring (bicyclic) bond motifs is 1. The largest absolute Gasteiger partial charge is 0.393 e. The minimum Gasteiger partial charge on any atom is -0.393 e. The smallest absolute Gasteiger partial charge is 0.241 e. The van der Waals surface area contributed by atoms with Gasteiger partial charge in [-0.3, -0.25) is 9.69 Å². The Balaban J connectivity index is 1.65. The summed E-state index contributed by atoms with van der Waals surface area (Å²) in [6.07, 6.45) is 2.81. The molecule has 0 radical (unpaired) electrons. The van der Waals surface area contributed by atoms with E-state index in [1.54, 1.807) is 0 Å². The van der Waals surface area contributed by atoms with Crippen LogP contribution in [0.3, 0.4) is 0 Å². The van der Waals surface area contributed by atoms with E-state index in [9.17, 15) is 9.90 Å². The maximum absolute atomic E-state index is 12.6. The van der Waals surface area contributed by atoms with Crippen LogP contribution >= 0.6 is 0 Å². The molecule has 114 valence electrons. The Hall–Kier alpha value is -1.39. The number of para-hydroxylation sites is 1. The van der Waals surface area contributed by atoms with Crippen molar-refractivity contribution in [2.24, 2.45) is 5.92 Å². The molecule has 2 unspecified atom stereocenters. The van der Waals surface area contributed by atoms with Crippen LogP contribution in [-0.4, -0.2) is 48.2 Å². The fraction of sp³-hybridized carbons (Fsp3) is 0.588. The van der Waals surface area contributed by atoms with Crippen molar-refractivity contribution < 1.29 is 9.90 Å². The maximum atomic E-state index is 12.6. The van der Waals surface area contributed by atoms with Crippen molar-refractivity contribution in [3.8, 4) is 0 Å². The van der Waals surface area contributed by atoms with Crippen molar-refractivity contribution in [2.75, 3.05) is 31.1 Å². The molecule has 1 amide bonds. The van der Waals surface area contributed by atoms with Crippen LogP contribution in [0.25, 0.3) is 0 Å². The van der Waals surface area contributed by atoms with Gasteiger partial charge in [0.2, 0.25) is 5.91 Å². The number of aryl methyl sites for hydroxylation is 1. The molecule has 1 fully saturated rings. The van der Waals surface area contributed by atoms with Crippen LogP contribution < -0.4 is 4.90 Å². The summed E-state index contributed by atoms with van der Waals surface area (Å²) in [5, 5.41) is 9.66. The van der Waals surface area contributed by atoms with Gasteiger partial charge in [0.05, 0.1) is 12.6 Å². The van der Waals surface area contributed by atoms with Gasteiger partial charge < -0.3 is 10.0 Å². The Kier molecular flexibility index (Phi) is 4.27. The zero-order chi connectivity index (χ0) is 14.8. The monoisotopic (exact) mass is 288 g/mol. The molecule has 3 rings (SSSR count). The molecule has 2 atom stereocenters. The van der Waals surface area contributed by atoms with Gasteiger partial charge in [-0.1, -0.05) is 18.2 Å². The van der Waals surface area contributed by atoms with Crippen LogP contribution in [0.15, 0.2) is 24.3 Å². The second-order valence-corrected chi connectivity index (χ2v) is 6.30. The number of anilines is 1. The molecular formula is C17H24N2O2. The SMILES string of the molecule is CC(O)C1CCN(CC(=O)N2CCCc3ccccc32)C1. The number of rotatable bonds is 3. The molecule has 4 nitrogen and oxygen atoms in total. The number of benzene rings is 1. The number of nitrogens with zero attached hydrogens (tertiary/aromatic N) is 2. The van der Waals surface area contributed by atoms with Crippen molar-refractivity contribution in [2.45, 2.75) is 32.3 Å². The van der Waals surface area contributed by atoms with Gasteiger partial charge in [-0.2, -0.15) is 0 Å². The van der Waals surface area contributed by atoms with Crippen LogP contribution in [0.4, 0.5) is 5.69 Å². The molecule has 21 heavy (non-hydrogen) atoms. The number of carbonyl (C=O) groups excluding carboxylic acids is 1. The predicted octanol–water partition coefficient (Wildman–Crippen LogP) is 1.67. The summed E-state index contributed by atoms with van der Waals surface area (Å²) < 4.78 is 0. The van der Waals surface area contributed by atoms with Gasteiger partial charge in [-0.15, -0.1) is 0 Å². The number of amides is 1. The number of aliphatic hydroxyl groups is 1. The van der Waals surface area contributed by atoms with Crippen molar-refractivity contribution in [1.82, 2.24) is 4.90 Å². The number of hydrogen-bond acceptors (Lipinski definition) is 3. The number of carbonyl (C=O) groups is 1. The number of aliphatic hydroxyl groups excluding tert-OH is 1. The van der Waals surface area contributed by atoms with Gasteiger partial charge in [0.25, 0.3) is 0 Å². The molecule has 0 spiro atoms. The van der Waals surface area contributed by atoms with Crippen molar-refractivity contribution in [3.63, 3.8) is 0 Å². The molecule has 1 aromatic carbocycles. The summed E-state index contributed by atoms with van der Waals surface area (Å²) in [4.78, 5) is 16.7. The Morgan fingerprint density at radius 1 is 1.38 bits per heavy atom. The van der Waals surface area contributed by atoms with Gasteiger partial charge in [-0.05, 0) is 50.3 Å². The predicted molar refractivity (Wildman–Crippen MR) is 83.3 cm³/mol. The quantitative estimate of drug-likeness (QED) is 0.920. The molecule has 0 aliphatic carbocycles. The van der Waals surface area contributed by atoms with Gasteiger partial charge >= 0.3 is 0 Å². The third-order valence-corrected chi connectivity index (χ3v) is 4.76. The molecule has 2 heterocycles. The van der Waals surface area contributed by atoms with E-state index in [1.807, 2.05) is 24.0 Å². The average Bonchev–Trinajstić information content (AvgIpc) is 2.95. The molecule has 0 saturated carbocycles. The van der Waals surface area contributed by atoms with Crippen molar-refractivity contribution in [1.29, 1.82) is 0 Å². The third kappa shape index (κ3) is 3.11. The normalized spacial score (nSPS) is 23.9.